The Morgan fingerprint density at radius 2 is 2.29 bits per heavy atom. The third-order valence-electron chi connectivity index (χ3n) is 2.93. The van der Waals surface area contributed by atoms with Crippen LogP contribution in [0.4, 0.5) is 15.8 Å². The maximum Gasteiger partial charge on any atom is 0.295 e. The quantitative estimate of drug-likeness (QED) is 0.447. The number of aromatic amines is 1. The molecule has 0 radical (unpaired) electrons. The number of carbonyl (C=O) groups excluding carboxylic acids is 1. The van der Waals surface area contributed by atoms with Gasteiger partial charge in [-0.1, -0.05) is 0 Å². The molecule has 0 saturated heterocycles. The second kappa shape index (κ2) is 5.57. The molecule has 1 amide bonds. The Labute approximate surface area is 118 Å². The number of benzene rings is 1. The van der Waals surface area contributed by atoms with E-state index in [9.17, 15) is 19.3 Å². The number of nitrogens with one attached hydrogen (secondary N) is 2. The zero-order chi connectivity index (χ0) is 15.6. The standard InChI is InChI=1S/C12H12FN5O3/c1-6(7-4-15-16-5-7)17-12(19)9-2-8(13)3-10(11(9)14)18(20)21/h2-6H,14H2,1H3,(H,15,16)(H,17,19). The molecule has 2 rings (SSSR count). The van der Waals surface area contributed by atoms with Gasteiger partial charge in [0, 0.05) is 11.8 Å². The molecule has 21 heavy (non-hydrogen) atoms. The molecule has 0 aliphatic heterocycles. The van der Waals surface area contributed by atoms with Gasteiger partial charge in [-0.2, -0.15) is 5.10 Å². The largest absolute Gasteiger partial charge is 0.393 e. The van der Waals surface area contributed by atoms with Gasteiger partial charge < -0.3 is 11.1 Å². The smallest absolute Gasteiger partial charge is 0.295 e. The molecule has 1 heterocycles. The first-order valence-corrected chi connectivity index (χ1v) is 5.93. The predicted molar refractivity (Wildman–Crippen MR) is 71.9 cm³/mol. The number of nitrogen functional groups attached to an aromatic ring is 1. The van der Waals surface area contributed by atoms with E-state index >= 15 is 0 Å². The monoisotopic (exact) mass is 293 g/mol. The molecule has 0 saturated carbocycles. The number of anilines is 1. The van der Waals surface area contributed by atoms with Crippen molar-refractivity contribution in [2.24, 2.45) is 0 Å². The highest BCUT2D eigenvalue weighted by molar-refractivity contribution is 6.01. The van der Waals surface area contributed by atoms with Gasteiger partial charge in [0.1, 0.15) is 11.5 Å². The van der Waals surface area contributed by atoms with Gasteiger partial charge in [-0.3, -0.25) is 20.0 Å². The Morgan fingerprint density at radius 1 is 1.57 bits per heavy atom. The molecule has 0 aliphatic rings. The number of nitro groups is 1. The molecule has 0 spiro atoms. The third kappa shape index (κ3) is 2.96. The lowest BCUT2D eigenvalue weighted by atomic mass is 10.1. The second-order valence-corrected chi connectivity index (χ2v) is 4.37. The first-order valence-electron chi connectivity index (χ1n) is 5.93. The van der Waals surface area contributed by atoms with Gasteiger partial charge in [0.15, 0.2) is 0 Å². The van der Waals surface area contributed by atoms with Crippen molar-refractivity contribution in [1.29, 1.82) is 0 Å². The number of hydrogen-bond donors (Lipinski definition) is 3. The zero-order valence-electron chi connectivity index (χ0n) is 11.0. The summed E-state index contributed by atoms with van der Waals surface area (Å²) in [4.78, 5) is 22.0. The van der Waals surface area contributed by atoms with E-state index < -0.39 is 28.4 Å². The minimum Gasteiger partial charge on any atom is -0.393 e. The Morgan fingerprint density at radius 3 is 2.86 bits per heavy atom. The van der Waals surface area contributed by atoms with Crippen LogP contribution in [0.15, 0.2) is 24.5 Å². The van der Waals surface area contributed by atoms with E-state index in [1.807, 2.05) is 0 Å². The summed E-state index contributed by atoms with van der Waals surface area (Å²) in [5.74, 6) is -1.61. The Balaban J connectivity index is 2.29. The van der Waals surface area contributed by atoms with Crippen molar-refractivity contribution in [1.82, 2.24) is 15.5 Å². The molecule has 0 fully saturated rings. The normalized spacial score (nSPS) is 11.9. The van der Waals surface area contributed by atoms with Crippen molar-refractivity contribution in [3.8, 4) is 0 Å². The summed E-state index contributed by atoms with van der Waals surface area (Å²) in [6.07, 6.45) is 3.10. The van der Waals surface area contributed by atoms with Gasteiger partial charge in [0.2, 0.25) is 0 Å². The van der Waals surface area contributed by atoms with Crippen molar-refractivity contribution in [2.45, 2.75) is 13.0 Å². The van der Waals surface area contributed by atoms with Crippen LogP contribution < -0.4 is 11.1 Å². The second-order valence-electron chi connectivity index (χ2n) is 4.37. The molecule has 2 aromatic rings. The molecule has 8 nitrogen and oxygen atoms in total. The van der Waals surface area contributed by atoms with Gasteiger partial charge in [-0.25, -0.2) is 4.39 Å². The van der Waals surface area contributed by atoms with Crippen LogP contribution in [0.5, 0.6) is 0 Å². The average Bonchev–Trinajstić information content (AvgIpc) is 2.94. The summed E-state index contributed by atoms with van der Waals surface area (Å²) in [6.45, 7) is 1.69. The van der Waals surface area contributed by atoms with Crippen LogP contribution in [0.1, 0.15) is 28.9 Å². The molecule has 0 bridgehead atoms. The van der Waals surface area contributed by atoms with E-state index in [0.29, 0.717) is 11.6 Å². The fourth-order valence-corrected chi connectivity index (χ4v) is 1.80. The van der Waals surface area contributed by atoms with Crippen LogP contribution in [-0.4, -0.2) is 21.0 Å². The third-order valence-corrected chi connectivity index (χ3v) is 2.93. The molecule has 0 aliphatic carbocycles. The number of hydrogen-bond acceptors (Lipinski definition) is 5. The fraction of sp³-hybridized carbons (Fsp3) is 0.167. The summed E-state index contributed by atoms with van der Waals surface area (Å²) >= 11 is 0. The van der Waals surface area contributed by atoms with Crippen molar-refractivity contribution in [3.63, 3.8) is 0 Å². The molecule has 9 heteroatoms. The molecule has 1 aromatic carbocycles. The Hall–Kier alpha value is -2.97. The lowest BCUT2D eigenvalue weighted by molar-refractivity contribution is -0.384. The number of nitro benzene ring substituents is 1. The number of aromatic nitrogens is 2. The van der Waals surface area contributed by atoms with E-state index in [4.69, 9.17) is 5.73 Å². The van der Waals surface area contributed by atoms with Crippen LogP contribution in [0.25, 0.3) is 0 Å². The highest BCUT2D eigenvalue weighted by Gasteiger charge is 2.22. The van der Waals surface area contributed by atoms with Gasteiger partial charge >= 0.3 is 0 Å². The van der Waals surface area contributed by atoms with Crippen molar-refractivity contribution >= 4 is 17.3 Å². The summed E-state index contributed by atoms with van der Waals surface area (Å²) in [5, 5.41) is 19.7. The van der Waals surface area contributed by atoms with Gasteiger partial charge in [0.05, 0.1) is 28.8 Å². The molecule has 110 valence electrons. The Kier molecular flexibility index (Phi) is 3.83. The number of nitrogens with zero attached hydrogens (tertiary/aromatic N) is 2. The molecule has 1 unspecified atom stereocenters. The van der Waals surface area contributed by atoms with E-state index in [0.717, 1.165) is 6.07 Å². The summed E-state index contributed by atoms with van der Waals surface area (Å²) in [7, 11) is 0. The highest BCUT2D eigenvalue weighted by Crippen LogP contribution is 2.27. The van der Waals surface area contributed by atoms with Gasteiger partial charge in [-0.05, 0) is 13.0 Å². The summed E-state index contributed by atoms with van der Waals surface area (Å²) < 4.78 is 13.4. The minimum absolute atomic E-state index is 0.281. The zero-order valence-corrected chi connectivity index (χ0v) is 11.0. The first-order chi connectivity index (χ1) is 9.90. The molecular formula is C12H12FN5O3. The maximum absolute atomic E-state index is 13.4. The number of carbonyl (C=O) groups is 1. The maximum atomic E-state index is 13.4. The van der Waals surface area contributed by atoms with E-state index in [2.05, 4.69) is 15.5 Å². The van der Waals surface area contributed by atoms with E-state index in [1.54, 1.807) is 13.1 Å². The van der Waals surface area contributed by atoms with Crippen molar-refractivity contribution in [3.05, 3.63) is 51.6 Å². The van der Waals surface area contributed by atoms with Crippen LogP contribution in [0, 0.1) is 15.9 Å². The van der Waals surface area contributed by atoms with Crippen LogP contribution in [-0.2, 0) is 0 Å². The highest BCUT2D eigenvalue weighted by atomic mass is 19.1. The van der Waals surface area contributed by atoms with E-state index in [-0.39, 0.29) is 11.3 Å². The SMILES string of the molecule is CC(NC(=O)c1cc(F)cc([N+](=O)[O-])c1N)c1cn[nH]c1. The van der Waals surface area contributed by atoms with Crippen molar-refractivity contribution in [2.75, 3.05) is 5.73 Å². The number of nitrogens with two attached hydrogens (primary N) is 1. The van der Waals surface area contributed by atoms with Gasteiger partial charge in [-0.15, -0.1) is 0 Å². The predicted octanol–water partition coefficient (Wildman–Crippen LogP) is 1.53. The number of amides is 1. The average molecular weight is 293 g/mol. The van der Waals surface area contributed by atoms with Crippen LogP contribution in [0.3, 0.4) is 0 Å². The molecule has 4 N–H and O–H groups in total. The lowest BCUT2D eigenvalue weighted by Crippen LogP contribution is -2.27. The number of halogens is 1. The lowest BCUT2D eigenvalue weighted by Gasteiger charge is -2.13. The molecule has 1 aromatic heterocycles. The van der Waals surface area contributed by atoms with Crippen LogP contribution in [0.2, 0.25) is 0 Å². The molecule has 1 atom stereocenters. The van der Waals surface area contributed by atoms with Gasteiger partial charge in [0.25, 0.3) is 11.6 Å². The fourth-order valence-electron chi connectivity index (χ4n) is 1.80. The van der Waals surface area contributed by atoms with Crippen LogP contribution >= 0.6 is 0 Å². The summed E-state index contributed by atoms with van der Waals surface area (Å²) in [5.41, 5.74) is 4.96. The number of H-pyrrole nitrogens is 1. The van der Waals surface area contributed by atoms with Crippen molar-refractivity contribution < 1.29 is 14.1 Å². The Bertz CT molecular complexity index is 686. The minimum atomic E-state index is -0.906. The first kappa shape index (κ1) is 14.4. The topological polar surface area (TPSA) is 127 Å². The number of rotatable bonds is 4. The summed E-state index contributed by atoms with van der Waals surface area (Å²) in [6, 6.07) is 1.11. The molecular weight excluding hydrogens is 281 g/mol. The van der Waals surface area contributed by atoms with E-state index in [1.165, 1.54) is 6.20 Å².